The summed E-state index contributed by atoms with van der Waals surface area (Å²) in [6.45, 7) is 0. The maximum atomic E-state index is 6.02. The highest BCUT2D eigenvalue weighted by atomic mass is 35.5. The van der Waals surface area contributed by atoms with E-state index in [4.69, 9.17) is 11.6 Å². The SMILES string of the molecule is Clc1cccc(Nc2cc3c(cn2)ncn3-c2ccccc2)c1. The number of aromatic nitrogens is 3. The van der Waals surface area contributed by atoms with E-state index in [0.717, 1.165) is 28.2 Å². The quantitative estimate of drug-likeness (QED) is 0.588. The number of pyridine rings is 1. The predicted octanol–water partition coefficient (Wildman–Crippen LogP) is 4.82. The summed E-state index contributed by atoms with van der Waals surface area (Å²) in [5.74, 6) is 0.748. The second-order valence-electron chi connectivity index (χ2n) is 5.14. The number of nitrogens with zero attached hydrogens (tertiary/aromatic N) is 3. The number of benzene rings is 2. The van der Waals surface area contributed by atoms with Crippen LogP contribution >= 0.6 is 11.6 Å². The maximum Gasteiger partial charge on any atom is 0.132 e. The van der Waals surface area contributed by atoms with Crippen molar-refractivity contribution in [3.8, 4) is 5.69 Å². The molecule has 4 rings (SSSR count). The van der Waals surface area contributed by atoms with Crippen molar-refractivity contribution in [3.63, 3.8) is 0 Å². The van der Waals surface area contributed by atoms with E-state index in [0.29, 0.717) is 5.02 Å². The zero-order valence-corrected chi connectivity index (χ0v) is 12.9. The molecule has 0 bridgehead atoms. The standard InChI is InChI=1S/C18H13ClN4/c19-13-5-4-6-14(9-13)22-18-10-17-16(11-20-18)21-12-23(17)15-7-2-1-3-8-15/h1-12H,(H,20,22). The van der Waals surface area contributed by atoms with Crippen molar-refractivity contribution in [1.29, 1.82) is 0 Å². The fourth-order valence-electron chi connectivity index (χ4n) is 2.49. The Hall–Kier alpha value is -2.85. The smallest absolute Gasteiger partial charge is 0.132 e. The van der Waals surface area contributed by atoms with Gasteiger partial charge in [0.25, 0.3) is 0 Å². The van der Waals surface area contributed by atoms with Crippen LogP contribution in [0.1, 0.15) is 0 Å². The Morgan fingerprint density at radius 3 is 2.61 bits per heavy atom. The van der Waals surface area contributed by atoms with Gasteiger partial charge in [-0.05, 0) is 30.3 Å². The summed E-state index contributed by atoms with van der Waals surface area (Å²) in [7, 11) is 0. The highest BCUT2D eigenvalue weighted by molar-refractivity contribution is 6.30. The molecule has 0 aliphatic heterocycles. The van der Waals surface area contributed by atoms with Gasteiger partial charge in [0.1, 0.15) is 17.7 Å². The van der Waals surface area contributed by atoms with E-state index in [1.165, 1.54) is 0 Å². The molecule has 0 saturated heterocycles. The van der Waals surface area contributed by atoms with E-state index >= 15 is 0 Å². The van der Waals surface area contributed by atoms with Gasteiger partial charge < -0.3 is 5.32 Å². The molecule has 0 radical (unpaired) electrons. The third kappa shape index (κ3) is 2.76. The molecule has 0 atom stereocenters. The number of hydrogen-bond acceptors (Lipinski definition) is 3. The number of para-hydroxylation sites is 1. The van der Waals surface area contributed by atoms with Gasteiger partial charge in [0, 0.05) is 22.5 Å². The molecule has 1 N–H and O–H groups in total. The number of anilines is 2. The summed E-state index contributed by atoms with van der Waals surface area (Å²) in [6, 6.07) is 19.6. The Morgan fingerprint density at radius 1 is 0.913 bits per heavy atom. The minimum Gasteiger partial charge on any atom is -0.340 e. The monoisotopic (exact) mass is 320 g/mol. The van der Waals surface area contributed by atoms with Crippen molar-refractivity contribution in [2.24, 2.45) is 0 Å². The van der Waals surface area contributed by atoms with Gasteiger partial charge in [0.05, 0.1) is 11.7 Å². The van der Waals surface area contributed by atoms with E-state index in [1.54, 1.807) is 6.20 Å². The van der Waals surface area contributed by atoms with Crippen LogP contribution in [0, 0.1) is 0 Å². The van der Waals surface area contributed by atoms with Crippen molar-refractivity contribution in [1.82, 2.24) is 14.5 Å². The zero-order valence-electron chi connectivity index (χ0n) is 12.1. The Balaban J connectivity index is 1.75. The highest BCUT2D eigenvalue weighted by Crippen LogP contribution is 2.23. The third-order valence-corrected chi connectivity index (χ3v) is 3.80. The van der Waals surface area contributed by atoms with Crippen LogP contribution in [0.5, 0.6) is 0 Å². The van der Waals surface area contributed by atoms with Crippen molar-refractivity contribution in [3.05, 3.63) is 78.2 Å². The summed E-state index contributed by atoms with van der Waals surface area (Å²) in [5, 5.41) is 3.95. The first-order valence-corrected chi connectivity index (χ1v) is 7.58. The molecular formula is C18H13ClN4. The van der Waals surface area contributed by atoms with Gasteiger partial charge in [-0.1, -0.05) is 35.9 Å². The molecule has 0 fully saturated rings. The van der Waals surface area contributed by atoms with Gasteiger partial charge >= 0.3 is 0 Å². The van der Waals surface area contributed by atoms with Gasteiger partial charge in [0.15, 0.2) is 0 Å². The molecule has 23 heavy (non-hydrogen) atoms. The van der Waals surface area contributed by atoms with Crippen molar-refractivity contribution < 1.29 is 0 Å². The average molecular weight is 321 g/mol. The molecule has 2 heterocycles. The number of halogens is 1. The van der Waals surface area contributed by atoms with Gasteiger partial charge in [-0.25, -0.2) is 9.97 Å². The van der Waals surface area contributed by atoms with E-state index in [1.807, 2.05) is 71.6 Å². The zero-order chi connectivity index (χ0) is 15.6. The number of hydrogen-bond donors (Lipinski definition) is 1. The molecule has 0 aliphatic rings. The first kappa shape index (κ1) is 13.8. The molecular weight excluding hydrogens is 308 g/mol. The fraction of sp³-hybridized carbons (Fsp3) is 0. The van der Waals surface area contributed by atoms with Crippen molar-refractivity contribution in [2.45, 2.75) is 0 Å². The molecule has 5 heteroatoms. The molecule has 4 aromatic rings. The van der Waals surface area contributed by atoms with Crippen LogP contribution in [-0.2, 0) is 0 Å². The molecule has 112 valence electrons. The first-order chi connectivity index (χ1) is 11.3. The lowest BCUT2D eigenvalue weighted by atomic mass is 10.3. The third-order valence-electron chi connectivity index (χ3n) is 3.57. The van der Waals surface area contributed by atoms with Crippen LogP contribution in [0.25, 0.3) is 16.7 Å². The molecule has 0 unspecified atom stereocenters. The Bertz CT molecular complexity index is 963. The number of imidazole rings is 1. The molecule has 0 saturated carbocycles. The van der Waals surface area contributed by atoms with Crippen LogP contribution in [0.4, 0.5) is 11.5 Å². The molecule has 0 spiro atoms. The second-order valence-corrected chi connectivity index (χ2v) is 5.58. The van der Waals surface area contributed by atoms with E-state index in [-0.39, 0.29) is 0 Å². The van der Waals surface area contributed by atoms with E-state index in [2.05, 4.69) is 15.3 Å². The summed E-state index contributed by atoms with van der Waals surface area (Å²) >= 11 is 6.02. The van der Waals surface area contributed by atoms with Gasteiger partial charge in [-0.15, -0.1) is 0 Å². The van der Waals surface area contributed by atoms with Crippen LogP contribution in [0.2, 0.25) is 5.02 Å². The van der Waals surface area contributed by atoms with Gasteiger partial charge in [-0.3, -0.25) is 4.57 Å². The number of fused-ring (bicyclic) bond motifs is 1. The summed E-state index contributed by atoms with van der Waals surface area (Å²) < 4.78 is 2.04. The molecule has 0 amide bonds. The summed E-state index contributed by atoms with van der Waals surface area (Å²) in [5.41, 5.74) is 3.81. The average Bonchev–Trinajstić information content (AvgIpc) is 2.99. The second kappa shape index (κ2) is 5.74. The largest absolute Gasteiger partial charge is 0.340 e. The minimum absolute atomic E-state index is 0.686. The Labute approximate surface area is 138 Å². The fourth-order valence-corrected chi connectivity index (χ4v) is 2.68. The Kier molecular flexibility index (Phi) is 3.44. The van der Waals surface area contributed by atoms with Crippen LogP contribution < -0.4 is 5.32 Å². The first-order valence-electron chi connectivity index (χ1n) is 7.21. The lowest BCUT2D eigenvalue weighted by molar-refractivity contribution is 1.09. The summed E-state index contributed by atoms with van der Waals surface area (Å²) in [4.78, 5) is 8.82. The normalized spacial score (nSPS) is 10.8. The van der Waals surface area contributed by atoms with Gasteiger partial charge in [-0.2, -0.15) is 0 Å². The van der Waals surface area contributed by atoms with Crippen molar-refractivity contribution in [2.75, 3.05) is 5.32 Å². The van der Waals surface area contributed by atoms with Crippen molar-refractivity contribution >= 4 is 34.1 Å². The number of rotatable bonds is 3. The van der Waals surface area contributed by atoms with Crippen LogP contribution in [0.3, 0.4) is 0 Å². The predicted molar refractivity (Wildman–Crippen MR) is 93.6 cm³/mol. The van der Waals surface area contributed by atoms with Crippen LogP contribution in [0.15, 0.2) is 73.2 Å². The summed E-state index contributed by atoms with van der Waals surface area (Å²) in [6.07, 6.45) is 3.58. The van der Waals surface area contributed by atoms with E-state index in [9.17, 15) is 0 Å². The van der Waals surface area contributed by atoms with E-state index < -0.39 is 0 Å². The van der Waals surface area contributed by atoms with Crippen LogP contribution in [-0.4, -0.2) is 14.5 Å². The number of nitrogens with one attached hydrogen (secondary N) is 1. The molecule has 2 aromatic heterocycles. The minimum atomic E-state index is 0.686. The Morgan fingerprint density at radius 2 is 1.78 bits per heavy atom. The molecule has 2 aromatic carbocycles. The lowest BCUT2D eigenvalue weighted by Gasteiger charge is -2.07. The highest BCUT2D eigenvalue weighted by Gasteiger charge is 2.07. The molecule has 4 nitrogen and oxygen atoms in total. The molecule has 0 aliphatic carbocycles. The topological polar surface area (TPSA) is 42.7 Å². The lowest BCUT2D eigenvalue weighted by Crippen LogP contribution is -1.95. The van der Waals surface area contributed by atoms with Gasteiger partial charge in [0.2, 0.25) is 0 Å². The maximum absolute atomic E-state index is 6.02.